The van der Waals surface area contributed by atoms with Crippen LogP contribution in [0.5, 0.6) is 0 Å². The molecule has 0 fully saturated rings. The first-order valence-corrected chi connectivity index (χ1v) is 7.04. The predicted octanol–water partition coefficient (Wildman–Crippen LogP) is 1.26. The molecule has 10 heteroatoms. The molecule has 18 heavy (non-hydrogen) atoms. The van der Waals surface area contributed by atoms with Gasteiger partial charge >= 0.3 is 0 Å². The molecule has 0 radical (unpaired) electrons. The van der Waals surface area contributed by atoms with Crippen LogP contribution in [0.4, 0.5) is 5.13 Å². The van der Waals surface area contributed by atoms with E-state index in [4.69, 9.17) is 16.9 Å². The van der Waals surface area contributed by atoms with Gasteiger partial charge in [0.2, 0.25) is 5.13 Å². The van der Waals surface area contributed by atoms with Crippen molar-refractivity contribution in [2.24, 2.45) is 0 Å². The van der Waals surface area contributed by atoms with Crippen molar-refractivity contribution in [2.75, 3.05) is 4.72 Å². The molecule has 2 rings (SSSR count). The van der Waals surface area contributed by atoms with Crippen molar-refractivity contribution in [1.29, 1.82) is 5.26 Å². The number of rotatable bonds is 3. The predicted molar refractivity (Wildman–Crippen MR) is 64.7 cm³/mol. The monoisotopic (exact) mass is 301 g/mol. The van der Waals surface area contributed by atoms with Gasteiger partial charge in [0.15, 0.2) is 0 Å². The van der Waals surface area contributed by atoms with E-state index in [1.54, 1.807) is 0 Å². The fraction of sp³-hybridized carbons (Fsp3) is 0. The SMILES string of the molecule is N#Cc1ccc(S(=O)(=O)Nc2nnns2)cc1Cl. The van der Waals surface area contributed by atoms with Crippen LogP contribution < -0.4 is 4.72 Å². The van der Waals surface area contributed by atoms with Gasteiger partial charge in [-0.1, -0.05) is 21.2 Å². The molecule has 1 aromatic carbocycles. The van der Waals surface area contributed by atoms with E-state index in [1.807, 2.05) is 6.07 Å². The number of sulfonamides is 1. The third-order valence-corrected chi connectivity index (χ3v) is 4.18. The van der Waals surface area contributed by atoms with E-state index in [1.165, 1.54) is 18.2 Å². The Morgan fingerprint density at radius 1 is 1.44 bits per heavy atom. The molecule has 0 spiro atoms. The van der Waals surface area contributed by atoms with Crippen LogP contribution >= 0.6 is 23.1 Å². The van der Waals surface area contributed by atoms with Crippen LogP contribution in [-0.4, -0.2) is 23.2 Å². The summed E-state index contributed by atoms with van der Waals surface area (Å²) in [6.45, 7) is 0. The molecule has 7 nitrogen and oxygen atoms in total. The first-order chi connectivity index (χ1) is 8.53. The highest BCUT2D eigenvalue weighted by molar-refractivity contribution is 7.93. The van der Waals surface area contributed by atoms with E-state index in [2.05, 4.69) is 19.5 Å². The Morgan fingerprint density at radius 2 is 2.22 bits per heavy atom. The van der Waals surface area contributed by atoms with Gasteiger partial charge in [-0.2, -0.15) is 5.26 Å². The topological polar surface area (TPSA) is 109 Å². The zero-order valence-corrected chi connectivity index (χ0v) is 10.9. The average molecular weight is 302 g/mol. The first kappa shape index (κ1) is 12.7. The van der Waals surface area contributed by atoms with E-state index >= 15 is 0 Å². The van der Waals surface area contributed by atoms with Crippen LogP contribution in [0, 0.1) is 11.3 Å². The molecular weight excluding hydrogens is 298 g/mol. The molecule has 0 aliphatic rings. The Hall–Kier alpha value is -1.76. The highest BCUT2D eigenvalue weighted by Gasteiger charge is 2.17. The summed E-state index contributed by atoms with van der Waals surface area (Å²) < 4.78 is 29.4. The van der Waals surface area contributed by atoms with Gasteiger partial charge in [-0.3, -0.25) is 4.72 Å². The summed E-state index contributed by atoms with van der Waals surface area (Å²) in [5, 5.41) is 15.5. The third-order valence-electron chi connectivity index (χ3n) is 1.89. The van der Waals surface area contributed by atoms with Crippen molar-refractivity contribution >= 4 is 38.3 Å². The molecule has 1 heterocycles. The summed E-state index contributed by atoms with van der Waals surface area (Å²) in [4.78, 5) is -0.0679. The van der Waals surface area contributed by atoms with Gasteiger partial charge in [-0.05, 0) is 23.4 Å². The zero-order valence-electron chi connectivity index (χ0n) is 8.53. The molecule has 0 amide bonds. The molecule has 0 saturated heterocycles. The first-order valence-electron chi connectivity index (χ1n) is 4.40. The third kappa shape index (κ3) is 2.56. The quantitative estimate of drug-likeness (QED) is 0.914. The number of aromatic nitrogens is 3. The second-order valence-corrected chi connectivity index (χ2v) is 5.85. The lowest BCUT2D eigenvalue weighted by Gasteiger charge is -2.05. The standard InChI is InChI=1S/C8H4ClN5O2S2/c9-7-3-6(2-1-5(7)4-10)18(15,16)12-8-11-13-14-17-8/h1-3H,(H,11,12,14). The molecule has 92 valence electrons. The number of hydrogen-bond acceptors (Lipinski definition) is 7. The Bertz CT molecular complexity index is 708. The number of benzene rings is 1. The minimum Gasteiger partial charge on any atom is -0.252 e. The maximum atomic E-state index is 11.9. The number of anilines is 1. The van der Waals surface area contributed by atoms with Crippen molar-refractivity contribution in [2.45, 2.75) is 4.90 Å². The fourth-order valence-corrected chi connectivity index (χ4v) is 3.00. The Labute approximate surface area is 111 Å². The van der Waals surface area contributed by atoms with Crippen LogP contribution in [0.1, 0.15) is 5.56 Å². The zero-order chi connectivity index (χ0) is 13.2. The summed E-state index contributed by atoms with van der Waals surface area (Å²) in [6.07, 6.45) is 0. The second kappa shape index (κ2) is 4.85. The van der Waals surface area contributed by atoms with Crippen LogP contribution in [0.25, 0.3) is 0 Å². The molecule has 1 aromatic heterocycles. The van der Waals surface area contributed by atoms with Crippen LogP contribution in [0.15, 0.2) is 23.1 Å². The van der Waals surface area contributed by atoms with Gasteiger partial charge in [-0.15, -0.1) is 0 Å². The van der Waals surface area contributed by atoms with E-state index in [9.17, 15) is 8.42 Å². The maximum absolute atomic E-state index is 11.9. The van der Waals surface area contributed by atoms with Crippen molar-refractivity contribution in [3.63, 3.8) is 0 Å². The van der Waals surface area contributed by atoms with Gasteiger partial charge in [0.05, 0.1) is 15.5 Å². The van der Waals surface area contributed by atoms with Crippen LogP contribution in [0.2, 0.25) is 5.02 Å². The smallest absolute Gasteiger partial charge is 0.252 e. The molecule has 0 saturated carbocycles. The Morgan fingerprint density at radius 3 is 2.78 bits per heavy atom. The van der Waals surface area contributed by atoms with Crippen molar-refractivity contribution in [1.82, 2.24) is 14.8 Å². The largest absolute Gasteiger partial charge is 0.263 e. The van der Waals surface area contributed by atoms with E-state index in [0.29, 0.717) is 0 Å². The van der Waals surface area contributed by atoms with Crippen LogP contribution in [0.3, 0.4) is 0 Å². The van der Waals surface area contributed by atoms with Gasteiger partial charge in [0, 0.05) is 11.5 Å². The fourth-order valence-electron chi connectivity index (χ4n) is 1.10. The van der Waals surface area contributed by atoms with Gasteiger partial charge in [0.1, 0.15) is 6.07 Å². The summed E-state index contributed by atoms with van der Waals surface area (Å²) in [7, 11) is -3.81. The van der Waals surface area contributed by atoms with E-state index < -0.39 is 10.0 Å². The van der Waals surface area contributed by atoms with E-state index in [0.717, 1.165) is 11.5 Å². The van der Waals surface area contributed by atoms with Crippen LogP contribution in [-0.2, 0) is 10.0 Å². The number of nitriles is 1. The summed E-state index contributed by atoms with van der Waals surface area (Å²) in [6, 6.07) is 5.64. The molecule has 1 N–H and O–H groups in total. The van der Waals surface area contributed by atoms with Gasteiger partial charge in [0.25, 0.3) is 10.0 Å². The van der Waals surface area contributed by atoms with Crippen molar-refractivity contribution < 1.29 is 8.42 Å². The van der Waals surface area contributed by atoms with Gasteiger partial charge < -0.3 is 0 Å². The molecular formula is C8H4ClN5O2S2. The number of nitrogens with zero attached hydrogens (tertiary/aromatic N) is 4. The molecule has 2 aromatic rings. The molecule has 0 bridgehead atoms. The Kier molecular flexibility index (Phi) is 3.42. The summed E-state index contributed by atoms with van der Waals surface area (Å²) in [5.41, 5.74) is 0.202. The second-order valence-electron chi connectivity index (χ2n) is 3.03. The highest BCUT2D eigenvalue weighted by atomic mass is 35.5. The number of halogens is 1. The maximum Gasteiger partial charge on any atom is 0.263 e. The summed E-state index contributed by atoms with van der Waals surface area (Å²) in [5.74, 6) is 0. The minimum atomic E-state index is -3.81. The average Bonchev–Trinajstić information content (AvgIpc) is 2.81. The number of nitrogens with one attached hydrogen (secondary N) is 1. The normalized spacial score (nSPS) is 10.9. The van der Waals surface area contributed by atoms with E-state index in [-0.39, 0.29) is 20.6 Å². The minimum absolute atomic E-state index is 0.0514. The summed E-state index contributed by atoms with van der Waals surface area (Å²) >= 11 is 6.57. The Balaban J connectivity index is 2.36. The molecule has 0 aliphatic heterocycles. The van der Waals surface area contributed by atoms with Gasteiger partial charge in [-0.25, -0.2) is 8.42 Å². The van der Waals surface area contributed by atoms with Crippen molar-refractivity contribution in [3.8, 4) is 6.07 Å². The lowest BCUT2D eigenvalue weighted by Crippen LogP contribution is -2.12. The lowest BCUT2D eigenvalue weighted by molar-refractivity contribution is 0.601. The number of hydrogen-bond donors (Lipinski definition) is 1. The molecule has 0 unspecified atom stereocenters. The lowest BCUT2D eigenvalue weighted by atomic mass is 10.2. The van der Waals surface area contributed by atoms with Crippen molar-refractivity contribution in [3.05, 3.63) is 28.8 Å². The molecule has 0 atom stereocenters. The molecule has 0 aliphatic carbocycles. The highest BCUT2D eigenvalue weighted by Crippen LogP contribution is 2.22.